The van der Waals surface area contributed by atoms with Crippen molar-refractivity contribution >= 4 is 23.4 Å². The molecule has 2 amide bonds. The van der Waals surface area contributed by atoms with Crippen LogP contribution in [0.5, 0.6) is 0 Å². The third kappa shape index (κ3) is 5.49. The Balaban J connectivity index is 1.47. The van der Waals surface area contributed by atoms with Gasteiger partial charge in [-0.2, -0.15) is 0 Å². The van der Waals surface area contributed by atoms with Gasteiger partial charge in [0.05, 0.1) is 12.2 Å². The highest BCUT2D eigenvalue weighted by Gasteiger charge is 2.26. The van der Waals surface area contributed by atoms with Gasteiger partial charge in [0.15, 0.2) is 0 Å². The average molecular weight is 381 g/mol. The summed E-state index contributed by atoms with van der Waals surface area (Å²) in [6, 6.07) is 16.9. The number of nitrogens with one attached hydrogen (secondary N) is 2. The van der Waals surface area contributed by atoms with Crippen molar-refractivity contribution in [2.75, 3.05) is 30.3 Å². The average Bonchev–Trinajstić information content (AvgIpc) is 3.18. The van der Waals surface area contributed by atoms with E-state index in [0.717, 1.165) is 24.9 Å². The zero-order valence-electron chi connectivity index (χ0n) is 16.2. The Bertz CT molecular complexity index is 777. The second-order valence-corrected chi connectivity index (χ2v) is 6.94. The molecule has 0 saturated carbocycles. The van der Waals surface area contributed by atoms with Crippen LogP contribution >= 0.6 is 0 Å². The van der Waals surface area contributed by atoms with Crippen LogP contribution in [0.2, 0.25) is 0 Å². The Kier molecular flexibility index (Phi) is 6.89. The van der Waals surface area contributed by atoms with E-state index in [1.807, 2.05) is 37.3 Å². The normalized spacial score (nSPS) is 15.9. The molecule has 3 rings (SSSR count). The first kappa shape index (κ1) is 19.7. The molecule has 1 atom stereocenters. The minimum atomic E-state index is -0.333. The van der Waals surface area contributed by atoms with Crippen LogP contribution in [0.1, 0.15) is 36.5 Å². The van der Waals surface area contributed by atoms with Gasteiger partial charge in [-0.3, -0.25) is 0 Å². The maximum atomic E-state index is 12.5. The van der Waals surface area contributed by atoms with Crippen LogP contribution in [0, 0.1) is 0 Å². The molecule has 2 aromatic carbocycles. The Morgan fingerprint density at radius 1 is 1.07 bits per heavy atom. The van der Waals surface area contributed by atoms with Gasteiger partial charge in [-0.15, -0.1) is 0 Å². The number of para-hydroxylation sites is 1. The molecule has 6 nitrogen and oxygen atoms in total. The number of urea groups is 1. The van der Waals surface area contributed by atoms with Crippen molar-refractivity contribution in [2.24, 2.45) is 0 Å². The summed E-state index contributed by atoms with van der Waals surface area (Å²) in [5.41, 5.74) is 2.22. The lowest BCUT2D eigenvalue weighted by atomic mass is 10.2. The van der Waals surface area contributed by atoms with Gasteiger partial charge in [0, 0.05) is 30.5 Å². The number of hydrogen-bond donors (Lipinski definition) is 2. The molecular weight excluding hydrogens is 354 g/mol. The summed E-state index contributed by atoms with van der Waals surface area (Å²) in [5, 5.41) is 6.35. The maximum Gasteiger partial charge on any atom is 0.338 e. The quantitative estimate of drug-likeness (QED) is 0.552. The fourth-order valence-electron chi connectivity index (χ4n) is 3.12. The number of nitrogens with zero attached hydrogens (tertiary/aromatic N) is 1. The maximum absolute atomic E-state index is 12.5. The van der Waals surface area contributed by atoms with Crippen molar-refractivity contribution < 1.29 is 14.3 Å². The van der Waals surface area contributed by atoms with Crippen LogP contribution in [-0.4, -0.2) is 42.6 Å². The van der Waals surface area contributed by atoms with E-state index >= 15 is 0 Å². The molecule has 2 N–H and O–H groups in total. The first-order chi connectivity index (χ1) is 13.7. The minimum absolute atomic E-state index is 0.129. The van der Waals surface area contributed by atoms with Crippen LogP contribution in [0.15, 0.2) is 54.6 Å². The number of benzene rings is 2. The van der Waals surface area contributed by atoms with Gasteiger partial charge < -0.3 is 20.3 Å². The fourth-order valence-corrected chi connectivity index (χ4v) is 3.12. The molecule has 0 spiro atoms. The van der Waals surface area contributed by atoms with Crippen molar-refractivity contribution in [3.63, 3.8) is 0 Å². The number of anilines is 2. The monoisotopic (exact) mass is 381 g/mol. The number of carbonyl (C=O) groups is 2. The topological polar surface area (TPSA) is 70.7 Å². The van der Waals surface area contributed by atoms with E-state index in [0.29, 0.717) is 30.9 Å². The molecule has 1 fully saturated rings. The van der Waals surface area contributed by atoms with Crippen molar-refractivity contribution in [1.29, 1.82) is 0 Å². The molecule has 1 aliphatic rings. The summed E-state index contributed by atoms with van der Waals surface area (Å²) in [6.45, 7) is 3.84. The number of unbranched alkanes of at least 4 members (excludes halogenated alkanes) is 1. The Morgan fingerprint density at radius 3 is 2.54 bits per heavy atom. The highest BCUT2D eigenvalue weighted by atomic mass is 16.5. The smallest absolute Gasteiger partial charge is 0.338 e. The molecule has 1 saturated heterocycles. The largest absolute Gasteiger partial charge is 0.462 e. The molecule has 28 heavy (non-hydrogen) atoms. The summed E-state index contributed by atoms with van der Waals surface area (Å²) in [7, 11) is 0. The Morgan fingerprint density at radius 2 is 1.82 bits per heavy atom. The number of rotatable bonds is 7. The summed E-state index contributed by atoms with van der Waals surface area (Å²) in [4.78, 5) is 26.2. The second-order valence-electron chi connectivity index (χ2n) is 6.94. The number of amides is 2. The van der Waals surface area contributed by atoms with Crippen LogP contribution in [0.4, 0.5) is 16.2 Å². The van der Waals surface area contributed by atoms with Crippen LogP contribution in [0.3, 0.4) is 0 Å². The van der Waals surface area contributed by atoms with E-state index in [4.69, 9.17) is 4.74 Å². The van der Waals surface area contributed by atoms with E-state index in [-0.39, 0.29) is 18.0 Å². The van der Waals surface area contributed by atoms with Gasteiger partial charge in [-0.1, -0.05) is 31.5 Å². The molecule has 0 aromatic heterocycles. The first-order valence-corrected chi connectivity index (χ1v) is 9.80. The predicted molar refractivity (Wildman–Crippen MR) is 111 cm³/mol. The second kappa shape index (κ2) is 9.78. The first-order valence-electron chi connectivity index (χ1n) is 9.80. The molecule has 6 heteroatoms. The summed E-state index contributed by atoms with van der Waals surface area (Å²) in [6.07, 6.45) is 2.75. The molecular formula is C22H27N3O3. The molecule has 148 valence electrons. The van der Waals surface area contributed by atoms with Crippen molar-refractivity contribution in [2.45, 2.75) is 32.2 Å². The molecule has 1 heterocycles. The van der Waals surface area contributed by atoms with Crippen molar-refractivity contribution in [3.8, 4) is 0 Å². The van der Waals surface area contributed by atoms with Crippen LogP contribution in [-0.2, 0) is 4.74 Å². The third-order valence-corrected chi connectivity index (χ3v) is 4.72. The lowest BCUT2D eigenvalue weighted by molar-refractivity contribution is 0.0500. The van der Waals surface area contributed by atoms with Gasteiger partial charge in [0.2, 0.25) is 0 Å². The van der Waals surface area contributed by atoms with E-state index in [1.54, 1.807) is 29.2 Å². The van der Waals surface area contributed by atoms with E-state index in [1.165, 1.54) is 0 Å². The number of esters is 1. The Labute approximate surface area is 165 Å². The van der Waals surface area contributed by atoms with Crippen LogP contribution < -0.4 is 10.6 Å². The van der Waals surface area contributed by atoms with Gasteiger partial charge in [-0.25, -0.2) is 9.59 Å². The van der Waals surface area contributed by atoms with Gasteiger partial charge in [0.25, 0.3) is 0 Å². The fraction of sp³-hybridized carbons (Fsp3) is 0.364. The number of carbonyl (C=O) groups excluding carboxylic acids is 2. The number of likely N-dealkylation sites (tertiary alicyclic amines) is 1. The standard InChI is InChI=1S/C22H27N3O3/c1-2-3-15-28-21(26)17-9-11-19(12-10-17)24-22(27)25-14-13-20(16-25)23-18-7-5-4-6-8-18/h4-12,20,23H,2-3,13-16H2,1H3,(H,24,27). The molecule has 2 aromatic rings. The van der Waals surface area contributed by atoms with E-state index < -0.39 is 0 Å². The number of hydrogen-bond acceptors (Lipinski definition) is 4. The summed E-state index contributed by atoms with van der Waals surface area (Å²) >= 11 is 0. The van der Waals surface area contributed by atoms with Crippen molar-refractivity contribution in [3.05, 3.63) is 60.2 Å². The Hall–Kier alpha value is -3.02. The highest BCUT2D eigenvalue weighted by molar-refractivity contribution is 5.92. The zero-order valence-corrected chi connectivity index (χ0v) is 16.2. The van der Waals surface area contributed by atoms with E-state index in [2.05, 4.69) is 10.6 Å². The molecule has 0 radical (unpaired) electrons. The van der Waals surface area contributed by atoms with Crippen LogP contribution in [0.25, 0.3) is 0 Å². The zero-order chi connectivity index (χ0) is 19.8. The van der Waals surface area contributed by atoms with Gasteiger partial charge >= 0.3 is 12.0 Å². The lowest BCUT2D eigenvalue weighted by Gasteiger charge is -2.18. The predicted octanol–water partition coefficient (Wildman–Crippen LogP) is 4.36. The van der Waals surface area contributed by atoms with Crippen molar-refractivity contribution in [1.82, 2.24) is 4.90 Å². The summed E-state index contributed by atoms with van der Waals surface area (Å²) < 4.78 is 5.19. The third-order valence-electron chi connectivity index (χ3n) is 4.72. The highest BCUT2D eigenvalue weighted by Crippen LogP contribution is 2.17. The molecule has 1 unspecified atom stereocenters. The SMILES string of the molecule is CCCCOC(=O)c1ccc(NC(=O)N2CCC(Nc3ccccc3)C2)cc1. The van der Waals surface area contributed by atoms with E-state index in [9.17, 15) is 9.59 Å². The molecule has 0 aliphatic carbocycles. The summed E-state index contributed by atoms with van der Waals surface area (Å²) in [5.74, 6) is -0.333. The minimum Gasteiger partial charge on any atom is -0.462 e. The van der Waals surface area contributed by atoms with Gasteiger partial charge in [0.1, 0.15) is 0 Å². The number of ether oxygens (including phenoxy) is 1. The molecule has 1 aliphatic heterocycles. The molecule has 0 bridgehead atoms. The lowest BCUT2D eigenvalue weighted by Crippen LogP contribution is -2.34. The van der Waals surface area contributed by atoms with Gasteiger partial charge in [-0.05, 0) is 49.2 Å².